The minimum Gasteiger partial charge on any atom is -0.256 e. The molecule has 1 heterocycles. The molecule has 0 unspecified atom stereocenters. The van der Waals surface area contributed by atoms with E-state index in [0.29, 0.717) is 0 Å². The molecule has 0 saturated carbocycles. The first kappa shape index (κ1) is 21.3. The number of hydrogen-bond acceptors (Lipinski definition) is 1. The van der Waals surface area contributed by atoms with E-state index in [1.807, 2.05) is 6.20 Å². The van der Waals surface area contributed by atoms with E-state index in [9.17, 15) is 0 Å². The molecule has 1 aromatic heterocycles. The van der Waals surface area contributed by atoms with Crippen LogP contribution in [0, 0.1) is 0 Å². The third kappa shape index (κ3) is 6.85. The highest BCUT2D eigenvalue weighted by Crippen LogP contribution is 2.19. The minimum absolute atomic E-state index is 1.03. The zero-order valence-corrected chi connectivity index (χ0v) is 18.2. The third-order valence-corrected chi connectivity index (χ3v) is 5.78. The number of pyridine rings is 1. The Balaban J connectivity index is 1.47. The molecule has 0 aliphatic heterocycles. The van der Waals surface area contributed by atoms with Crippen molar-refractivity contribution < 1.29 is 0 Å². The van der Waals surface area contributed by atoms with Crippen molar-refractivity contribution in [3.63, 3.8) is 0 Å². The summed E-state index contributed by atoms with van der Waals surface area (Å²) in [5, 5.41) is 0. The van der Waals surface area contributed by atoms with Crippen molar-refractivity contribution in [2.75, 3.05) is 0 Å². The molecule has 0 bridgehead atoms. The number of aryl methyl sites for hydroxylation is 4. The summed E-state index contributed by atoms with van der Waals surface area (Å²) in [5.74, 6) is 0. The first-order valence-corrected chi connectivity index (χ1v) is 11.4. The maximum atomic E-state index is 4.59. The van der Waals surface area contributed by atoms with Crippen LogP contribution in [0.1, 0.15) is 68.2 Å². The van der Waals surface area contributed by atoms with E-state index in [1.165, 1.54) is 66.3 Å². The lowest BCUT2D eigenvalue weighted by Crippen LogP contribution is -1.93. The van der Waals surface area contributed by atoms with Crippen molar-refractivity contribution in [1.29, 1.82) is 0 Å². The number of unbranched alkanes of at least 4 members (excludes halogenated alkanes) is 4. The smallest absolute Gasteiger partial charge is 0.0702 e. The molecule has 0 aliphatic carbocycles. The van der Waals surface area contributed by atoms with Gasteiger partial charge in [-0.1, -0.05) is 94.1 Å². The Morgan fingerprint density at radius 1 is 0.552 bits per heavy atom. The number of benzene rings is 2. The van der Waals surface area contributed by atoms with Gasteiger partial charge in [-0.3, -0.25) is 4.98 Å². The van der Waals surface area contributed by atoms with Gasteiger partial charge in [0.05, 0.1) is 5.69 Å². The SMILES string of the molecule is CCCCCCCc1ccc(CCc2ccc(-c3ccc(CC)cn3)cc2)cc1. The van der Waals surface area contributed by atoms with Crippen molar-refractivity contribution in [2.45, 2.75) is 71.6 Å². The molecule has 1 nitrogen and oxygen atoms in total. The number of rotatable bonds is 11. The summed E-state index contributed by atoms with van der Waals surface area (Å²) in [6.45, 7) is 4.43. The third-order valence-electron chi connectivity index (χ3n) is 5.78. The average molecular weight is 386 g/mol. The zero-order valence-electron chi connectivity index (χ0n) is 18.2. The lowest BCUT2D eigenvalue weighted by Gasteiger charge is -2.07. The Morgan fingerprint density at radius 3 is 1.66 bits per heavy atom. The molecule has 0 spiro atoms. The Morgan fingerprint density at radius 2 is 1.10 bits per heavy atom. The lowest BCUT2D eigenvalue weighted by atomic mass is 10.00. The van der Waals surface area contributed by atoms with E-state index in [0.717, 1.165) is 25.0 Å². The quantitative estimate of drug-likeness (QED) is 0.309. The summed E-state index contributed by atoms with van der Waals surface area (Å²) in [4.78, 5) is 4.59. The molecule has 3 aromatic rings. The molecular formula is C28H35N. The second-order valence-electron chi connectivity index (χ2n) is 8.08. The fourth-order valence-electron chi connectivity index (χ4n) is 3.74. The van der Waals surface area contributed by atoms with Crippen LogP contribution in [0.3, 0.4) is 0 Å². The molecule has 0 N–H and O–H groups in total. The maximum Gasteiger partial charge on any atom is 0.0702 e. The predicted molar refractivity (Wildman–Crippen MR) is 125 cm³/mol. The van der Waals surface area contributed by atoms with E-state index in [2.05, 4.69) is 79.5 Å². The largest absolute Gasteiger partial charge is 0.256 e. The highest BCUT2D eigenvalue weighted by molar-refractivity contribution is 5.59. The second kappa shape index (κ2) is 11.6. The molecule has 2 aromatic carbocycles. The Kier molecular flexibility index (Phi) is 8.49. The Hall–Kier alpha value is -2.41. The van der Waals surface area contributed by atoms with Crippen molar-refractivity contribution in [2.24, 2.45) is 0 Å². The van der Waals surface area contributed by atoms with Crippen LogP contribution in [0.25, 0.3) is 11.3 Å². The van der Waals surface area contributed by atoms with Crippen LogP contribution in [0.15, 0.2) is 66.9 Å². The summed E-state index contributed by atoms with van der Waals surface area (Å²) in [5.41, 5.74) is 7.84. The van der Waals surface area contributed by atoms with E-state index < -0.39 is 0 Å². The van der Waals surface area contributed by atoms with Crippen LogP contribution in [0.4, 0.5) is 0 Å². The van der Waals surface area contributed by atoms with Gasteiger partial charge in [-0.05, 0) is 60.4 Å². The maximum absolute atomic E-state index is 4.59. The van der Waals surface area contributed by atoms with Crippen LogP contribution in [0.5, 0.6) is 0 Å². The number of hydrogen-bond donors (Lipinski definition) is 0. The average Bonchev–Trinajstić information content (AvgIpc) is 2.79. The predicted octanol–water partition coefficient (Wildman–Crippen LogP) is 7.61. The highest BCUT2D eigenvalue weighted by Gasteiger charge is 2.02. The molecule has 0 aliphatic rings. The van der Waals surface area contributed by atoms with E-state index in [-0.39, 0.29) is 0 Å². The van der Waals surface area contributed by atoms with Crippen molar-refractivity contribution >= 4 is 0 Å². The number of aromatic nitrogens is 1. The van der Waals surface area contributed by atoms with Gasteiger partial charge in [0.15, 0.2) is 0 Å². The van der Waals surface area contributed by atoms with Gasteiger partial charge in [0.1, 0.15) is 0 Å². The minimum atomic E-state index is 1.03. The van der Waals surface area contributed by atoms with Crippen LogP contribution in [-0.4, -0.2) is 4.98 Å². The summed E-state index contributed by atoms with van der Waals surface area (Å²) in [7, 11) is 0. The van der Waals surface area contributed by atoms with Crippen LogP contribution in [-0.2, 0) is 25.7 Å². The standard InChI is InChI=1S/C28H35N/c1-3-5-6-7-8-9-24-10-12-25(13-11-24)14-15-26-16-19-27(20-17-26)28-21-18-23(4-2)22-29-28/h10-13,16-22H,3-9,14-15H2,1-2H3. The molecule has 3 rings (SSSR count). The van der Waals surface area contributed by atoms with Crippen molar-refractivity contribution in [1.82, 2.24) is 4.98 Å². The van der Waals surface area contributed by atoms with Crippen molar-refractivity contribution in [3.8, 4) is 11.3 Å². The topological polar surface area (TPSA) is 12.9 Å². The molecule has 29 heavy (non-hydrogen) atoms. The first-order valence-electron chi connectivity index (χ1n) is 11.4. The van der Waals surface area contributed by atoms with Crippen LogP contribution in [0.2, 0.25) is 0 Å². The molecule has 1 heteroatoms. The van der Waals surface area contributed by atoms with Gasteiger partial charge < -0.3 is 0 Å². The summed E-state index contributed by atoms with van der Waals surface area (Å²) >= 11 is 0. The summed E-state index contributed by atoms with van der Waals surface area (Å²) in [6, 6.07) is 22.5. The van der Waals surface area contributed by atoms with Gasteiger partial charge >= 0.3 is 0 Å². The molecule has 152 valence electrons. The molecule has 0 radical (unpaired) electrons. The van der Waals surface area contributed by atoms with E-state index in [4.69, 9.17) is 0 Å². The molecule has 0 atom stereocenters. The van der Waals surface area contributed by atoms with Crippen LogP contribution >= 0.6 is 0 Å². The second-order valence-corrected chi connectivity index (χ2v) is 8.08. The van der Waals surface area contributed by atoms with Gasteiger partial charge in [0.25, 0.3) is 0 Å². The van der Waals surface area contributed by atoms with Gasteiger partial charge in [-0.25, -0.2) is 0 Å². The van der Waals surface area contributed by atoms with Gasteiger partial charge in [0, 0.05) is 11.8 Å². The Labute approximate surface area is 177 Å². The zero-order chi connectivity index (χ0) is 20.3. The fourth-order valence-corrected chi connectivity index (χ4v) is 3.74. The lowest BCUT2D eigenvalue weighted by molar-refractivity contribution is 0.632. The van der Waals surface area contributed by atoms with Crippen LogP contribution < -0.4 is 0 Å². The molecule has 0 fully saturated rings. The molecule has 0 amide bonds. The van der Waals surface area contributed by atoms with Gasteiger partial charge in [0.2, 0.25) is 0 Å². The summed E-state index contributed by atoms with van der Waals surface area (Å²) < 4.78 is 0. The normalized spacial score (nSPS) is 11.0. The van der Waals surface area contributed by atoms with Gasteiger partial charge in [-0.15, -0.1) is 0 Å². The molecule has 0 saturated heterocycles. The monoisotopic (exact) mass is 385 g/mol. The van der Waals surface area contributed by atoms with E-state index >= 15 is 0 Å². The van der Waals surface area contributed by atoms with Gasteiger partial charge in [-0.2, -0.15) is 0 Å². The summed E-state index contributed by atoms with van der Waals surface area (Å²) in [6.07, 6.45) is 13.2. The first-order chi connectivity index (χ1) is 14.3. The highest BCUT2D eigenvalue weighted by atomic mass is 14.7. The van der Waals surface area contributed by atoms with E-state index in [1.54, 1.807) is 0 Å². The molecular weight excluding hydrogens is 350 g/mol. The fraction of sp³-hybridized carbons (Fsp3) is 0.393. The van der Waals surface area contributed by atoms with Crippen molar-refractivity contribution in [3.05, 3.63) is 89.1 Å². The Bertz CT molecular complexity index is 829. The number of nitrogens with zero attached hydrogens (tertiary/aromatic N) is 1.